The monoisotopic (exact) mass is 425 g/mol. The zero-order chi connectivity index (χ0) is 21.0. The number of benzene rings is 2. The fourth-order valence-electron chi connectivity index (χ4n) is 2.75. The molecule has 3 rings (SSSR count). The molecule has 3 aromatic rings. The van der Waals surface area contributed by atoms with Gasteiger partial charge >= 0.3 is 0 Å². The molecule has 2 aromatic carbocycles. The van der Waals surface area contributed by atoms with E-state index in [0.29, 0.717) is 16.9 Å². The Morgan fingerprint density at radius 3 is 2.55 bits per heavy atom. The largest absolute Gasteiger partial charge is 0.321 e. The van der Waals surface area contributed by atoms with Crippen LogP contribution in [0.5, 0.6) is 0 Å². The molecule has 0 saturated carbocycles. The summed E-state index contributed by atoms with van der Waals surface area (Å²) in [5.74, 6) is -0.539. The van der Waals surface area contributed by atoms with E-state index < -0.39 is 15.9 Å². The van der Waals surface area contributed by atoms with Crippen LogP contribution in [0.2, 0.25) is 0 Å². The lowest BCUT2D eigenvalue weighted by molar-refractivity contribution is 0.102. The number of thiophene rings is 1. The predicted octanol–water partition coefficient (Wildman–Crippen LogP) is 4.26. The number of nitriles is 1. The summed E-state index contributed by atoms with van der Waals surface area (Å²) in [6.07, 6.45) is 0.860. The van der Waals surface area contributed by atoms with E-state index in [2.05, 4.69) is 5.32 Å². The van der Waals surface area contributed by atoms with Crippen LogP contribution in [0.3, 0.4) is 0 Å². The summed E-state index contributed by atoms with van der Waals surface area (Å²) in [5, 5.41) is 13.2. The van der Waals surface area contributed by atoms with Gasteiger partial charge < -0.3 is 5.32 Å². The first-order chi connectivity index (χ1) is 13.9. The molecule has 0 atom stereocenters. The molecule has 29 heavy (non-hydrogen) atoms. The van der Waals surface area contributed by atoms with Gasteiger partial charge in [0.05, 0.1) is 17.3 Å². The molecule has 0 saturated heterocycles. The number of rotatable bonds is 6. The fourth-order valence-corrected chi connectivity index (χ4v) is 5.24. The normalized spacial score (nSPS) is 10.9. The molecule has 1 heterocycles. The lowest BCUT2D eigenvalue weighted by atomic mass is 10.1. The molecule has 0 aliphatic rings. The van der Waals surface area contributed by atoms with E-state index in [1.54, 1.807) is 35.7 Å². The maximum Gasteiger partial charge on any atom is 0.267 e. The first-order valence-corrected chi connectivity index (χ1v) is 11.2. The van der Waals surface area contributed by atoms with Gasteiger partial charge in [-0.1, -0.05) is 25.1 Å². The average molecular weight is 426 g/mol. The third-order valence-corrected chi connectivity index (χ3v) is 7.30. The van der Waals surface area contributed by atoms with Crippen molar-refractivity contribution in [2.45, 2.75) is 18.2 Å². The van der Waals surface area contributed by atoms with Crippen LogP contribution in [-0.4, -0.2) is 21.4 Å². The summed E-state index contributed by atoms with van der Waals surface area (Å²) in [7, 11) is -2.45. The van der Waals surface area contributed by atoms with E-state index in [4.69, 9.17) is 5.26 Å². The number of nitrogens with one attached hydrogen (secondary N) is 1. The van der Waals surface area contributed by atoms with Gasteiger partial charge in [0.15, 0.2) is 0 Å². The van der Waals surface area contributed by atoms with E-state index in [0.717, 1.165) is 23.3 Å². The average Bonchev–Trinajstić information content (AvgIpc) is 3.24. The molecule has 1 amide bonds. The second-order valence-corrected chi connectivity index (χ2v) is 9.11. The molecular formula is C21H19N3O3S2. The molecule has 0 spiro atoms. The molecule has 1 aromatic heterocycles. The van der Waals surface area contributed by atoms with Crippen molar-refractivity contribution in [1.29, 1.82) is 5.26 Å². The van der Waals surface area contributed by atoms with Crippen molar-refractivity contribution in [1.82, 2.24) is 0 Å². The summed E-state index contributed by atoms with van der Waals surface area (Å²) >= 11 is 1.05. The Morgan fingerprint density at radius 2 is 1.90 bits per heavy atom. The molecule has 8 heteroatoms. The smallest absolute Gasteiger partial charge is 0.267 e. The Labute approximate surface area is 174 Å². The standard InChI is InChI=1S/C21H19N3O3S2/c1-3-15-7-9-18(10-8-15)24(2)29(26,27)19-11-12-28-20(19)21(25)23-17-6-4-5-16(13-17)14-22/h4-13H,3H2,1-2H3,(H,23,25). The third-order valence-electron chi connectivity index (χ3n) is 4.43. The van der Waals surface area contributed by atoms with E-state index in [1.807, 2.05) is 25.1 Å². The van der Waals surface area contributed by atoms with Crippen molar-refractivity contribution >= 4 is 38.6 Å². The molecule has 0 bridgehead atoms. The molecule has 0 radical (unpaired) electrons. The number of hydrogen-bond acceptors (Lipinski definition) is 5. The Kier molecular flexibility index (Phi) is 6.01. The highest BCUT2D eigenvalue weighted by molar-refractivity contribution is 7.93. The number of hydrogen-bond donors (Lipinski definition) is 1. The van der Waals surface area contributed by atoms with Gasteiger partial charge in [0.2, 0.25) is 0 Å². The number of aryl methyl sites for hydroxylation is 1. The summed E-state index contributed by atoms with van der Waals surface area (Å²) in [6, 6.07) is 17.1. The van der Waals surface area contributed by atoms with Crippen molar-refractivity contribution in [3.63, 3.8) is 0 Å². The van der Waals surface area contributed by atoms with Crippen LogP contribution >= 0.6 is 11.3 Å². The number of amides is 1. The van der Waals surface area contributed by atoms with Gasteiger partial charge in [-0.3, -0.25) is 9.10 Å². The quantitative estimate of drug-likeness (QED) is 0.639. The molecule has 6 nitrogen and oxygen atoms in total. The van der Waals surface area contributed by atoms with Gasteiger partial charge in [-0.2, -0.15) is 5.26 Å². The van der Waals surface area contributed by atoms with Gasteiger partial charge in [-0.05, 0) is 53.8 Å². The van der Waals surface area contributed by atoms with Gasteiger partial charge in [-0.25, -0.2) is 8.42 Å². The van der Waals surface area contributed by atoms with Crippen LogP contribution in [0, 0.1) is 11.3 Å². The zero-order valence-corrected chi connectivity index (χ0v) is 17.5. The van der Waals surface area contributed by atoms with Gasteiger partial charge in [-0.15, -0.1) is 11.3 Å². The third kappa shape index (κ3) is 4.31. The second kappa shape index (κ2) is 8.47. The summed E-state index contributed by atoms with van der Waals surface area (Å²) in [5.41, 5.74) is 2.45. The van der Waals surface area contributed by atoms with Gasteiger partial charge in [0.1, 0.15) is 9.77 Å². The summed E-state index contributed by atoms with van der Waals surface area (Å²) < 4.78 is 27.4. The highest BCUT2D eigenvalue weighted by Gasteiger charge is 2.28. The number of carbonyl (C=O) groups is 1. The Morgan fingerprint density at radius 1 is 1.17 bits per heavy atom. The summed E-state index contributed by atoms with van der Waals surface area (Å²) in [6.45, 7) is 2.03. The maximum absolute atomic E-state index is 13.1. The minimum atomic E-state index is -3.92. The SMILES string of the molecule is CCc1ccc(N(C)S(=O)(=O)c2ccsc2C(=O)Nc2cccc(C#N)c2)cc1. The van der Waals surface area contributed by atoms with E-state index in [1.165, 1.54) is 23.5 Å². The minimum Gasteiger partial charge on any atom is -0.321 e. The summed E-state index contributed by atoms with van der Waals surface area (Å²) in [4.78, 5) is 12.7. The highest BCUT2D eigenvalue weighted by atomic mass is 32.2. The van der Waals surface area contributed by atoms with Gasteiger partial charge in [0.25, 0.3) is 15.9 Å². The lowest BCUT2D eigenvalue weighted by Gasteiger charge is -2.20. The first-order valence-electron chi connectivity index (χ1n) is 8.83. The zero-order valence-electron chi connectivity index (χ0n) is 15.9. The molecule has 148 valence electrons. The molecule has 0 unspecified atom stereocenters. The lowest BCUT2D eigenvalue weighted by Crippen LogP contribution is -2.28. The number of sulfonamides is 1. The van der Waals surface area contributed by atoms with Crippen molar-refractivity contribution < 1.29 is 13.2 Å². The Balaban J connectivity index is 1.89. The van der Waals surface area contributed by atoms with Crippen molar-refractivity contribution in [3.8, 4) is 6.07 Å². The molecule has 0 aliphatic heterocycles. The number of carbonyl (C=O) groups excluding carboxylic acids is 1. The molecular weight excluding hydrogens is 406 g/mol. The molecule has 0 fully saturated rings. The van der Waals surface area contributed by atoms with Crippen LogP contribution in [-0.2, 0) is 16.4 Å². The maximum atomic E-state index is 13.1. The van der Waals surface area contributed by atoms with Crippen LogP contribution < -0.4 is 9.62 Å². The number of anilines is 2. The highest BCUT2D eigenvalue weighted by Crippen LogP contribution is 2.29. The van der Waals surface area contributed by atoms with Crippen LogP contribution in [0.1, 0.15) is 27.7 Å². The Bertz CT molecular complexity index is 1180. The predicted molar refractivity (Wildman–Crippen MR) is 115 cm³/mol. The van der Waals surface area contributed by atoms with E-state index in [9.17, 15) is 13.2 Å². The first kappa shape index (κ1) is 20.6. The van der Waals surface area contributed by atoms with Crippen LogP contribution in [0.25, 0.3) is 0 Å². The van der Waals surface area contributed by atoms with Crippen molar-refractivity contribution in [2.24, 2.45) is 0 Å². The number of nitrogens with zero attached hydrogens (tertiary/aromatic N) is 2. The van der Waals surface area contributed by atoms with Gasteiger partial charge in [0, 0.05) is 12.7 Å². The fraction of sp³-hybridized carbons (Fsp3) is 0.143. The molecule has 0 aliphatic carbocycles. The minimum absolute atomic E-state index is 0.0569. The van der Waals surface area contributed by atoms with E-state index >= 15 is 0 Å². The molecule has 1 N–H and O–H groups in total. The van der Waals surface area contributed by atoms with Crippen molar-refractivity contribution in [2.75, 3.05) is 16.7 Å². The van der Waals surface area contributed by atoms with E-state index in [-0.39, 0.29) is 9.77 Å². The van der Waals surface area contributed by atoms with Crippen LogP contribution in [0.4, 0.5) is 11.4 Å². The van der Waals surface area contributed by atoms with Crippen LogP contribution in [0.15, 0.2) is 64.9 Å². The van der Waals surface area contributed by atoms with Crippen molar-refractivity contribution in [3.05, 3.63) is 76.0 Å². The second-order valence-electron chi connectivity index (χ2n) is 6.25. The topological polar surface area (TPSA) is 90.3 Å². The Hall–Kier alpha value is -3.15.